The fourth-order valence-electron chi connectivity index (χ4n) is 2.48. The summed E-state index contributed by atoms with van der Waals surface area (Å²) in [6, 6.07) is 11.6. The van der Waals surface area contributed by atoms with Gasteiger partial charge in [-0.1, -0.05) is 24.2 Å². The zero-order chi connectivity index (χ0) is 18.8. The number of halogens is 1. The maximum Gasteiger partial charge on any atom is 0.335 e. The van der Waals surface area contributed by atoms with Crippen LogP contribution < -0.4 is 21.4 Å². The first-order valence-electron chi connectivity index (χ1n) is 7.73. The average Bonchev–Trinajstić information content (AvgIpc) is 2.89. The van der Waals surface area contributed by atoms with E-state index in [9.17, 15) is 9.59 Å². The van der Waals surface area contributed by atoms with Crippen molar-refractivity contribution in [3.8, 4) is 5.69 Å². The van der Waals surface area contributed by atoms with Crippen molar-refractivity contribution in [2.45, 2.75) is 6.92 Å². The van der Waals surface area contributed by atoms with E-state index in [1.54, 1.807) is 30.3 Å². The molecule has 0 saturated carbocycles. The van der Waals surface area contributed by atoms with Crippen LogP contribution in [-0.4, -0.2) is 20.9 Å². The predicted molar refractivity (Wildman–Crippen MR) is 102 cm³/mol. The van der Waals surface area contributed by atoms with Gasteiger partial charge in [0, 0.05) is 16.9 Å². The van der Waals surface area contributed by atoms with Crippen LogP contribution in [0.5, 0.6) is 0 Å². The van der Waals surface area contributed by atoms with E-state index in [-0.39, 0.29) is 11.1 Å². The van der Waals surface area contributed by atoms with Gasteiger partial charge in [-0.25, -0.2) is 9.48 Å². The fourth-order valence-corrected chi connectivity index (χ4v) is 2.60. The highest BCUT2D eigenvalue weighted by Gasteiger charge is 2.07. The number of aromatic amines is 1. The second-order valence-corrected chi connectivity index (χ2v) is 6.18. The van der Waals surface area contributed by atoms with Crippen molar-refractivity contribution in [2.75, 3.05) is 5.32 Å². The Morgan fingerprint density at radius 1 is 1.27 bits per heavy atom. The van der Waals surface area contributed by atoms with Gasteiger partial charge in [0.1, 0.15) is 0 Å². The molecule has 0 saturated heterocycles. The number of H-pyrrole nitrogens is 1. The third-order valence-electron chi connectivity index (χ3n) is 3.95. The first-order chi connectivity index (χ1) is 12.4. The Kier molecular flexibility index (Phi) is 4.69. The number of anilines is 1. The van der Waals surface area contributed by atoms with Crippen molar-refractivity contribution in [1.29, 1.82) is 0 Å². The molecule has 0 aliphatic carbocycles. The van der Waals surface area contributed by atoms with Gasteiger partial charge in [0.15, 0.2) is 0 Å². The molecular weight excluding hydrogens is 354 g/mol. The summed E-state index contributed by atoms with van der Waals surface area (Å²) in [5.74, 6) is -1.02. The molecule has 6 nitrogen and oxygen atoms in total. The molecule has 1 aromatic heterocycles. The molecule has 3 aromatic rings. The van der Waals surface area contributed by atoms with Gasteiger partial charge >= 0.3 is 5.97 Å². The molecule has 1 heterocycles. The molecule has 0 unspecified atom stereocenters. The maximum atomic E-state index is 12.6. The van der Waals surface area contributed by atoms with E-state index in [1.165, 1.54) is 23.0 Å². The second kappa shape index (κ2) is 6.93. The van der Waals surface area contributed by atoms with E-state index >= 15 is 0 Å². The molecule has 0 spiro atoms. The first kappa shape index (κ1) is 17.6. The predicted octanol–water partition coefficient (Wildman–Crippen LogP) is 2.09. The lowest BCUT2D eigenvalue weighted by atomic mass is 10.1. The van der Waals surface area contributed by atoms with E-state index in [0.717, 1.165) is 5.56 Å². The highest BCUT2D eigenvalue weighted by molar-refractivity contribution is 6.30. The van der Waals surface area contributed by atoms with Crippen LogP contribution in [0, 0.1) is 6.92 Å². The van der Waals surface area contributed by atoms with Crippen LogP contribution in [-0.2, 0) is 0 Å². The van der Waals surface area contributed by atoms with E-state index < -0.39 is 5.97 Å². The summed E-state index contributed by atoms with van der Waals surface area (Å²) in [7, 11) is 0. The van der Waals surface area contributed by atoms with E-state index in [4.69, 9.17) is 16.7 Å². The van der Waals surface area contributed by atoms with Gasteiger partial charge in [0.05, 0.1) is 21.8 Å². The minimum atomic E-state index is -1.02. The minimum Gasteiger partial charge on any atom is -0.478 e. The number of rotatable bonds is 4. The lowest BCUT2D eigenvalue weighted by Gasteiger charge is -2.06. The molecule has 0 aliphatic heterocycles. The zero-order valence-electron chi connectivity index (χ0n) is 13.9. The van der Waals surface area contributed by atoms with Crippen LogP contribution in [0.15, 0.2) is 47.3 Å². The quantitative estimate of drug-likeness (QED) is 0.657. The zero-order valence-corrected chi connectivity index (χ0v) is 14.7. The van der Waals surface area contributed by atoms with Crippen LogP contribution in [0.3, 0.4) is 0 Å². The summed E-state index contributed by atoms with van der Waals surface area (Å²) >= 11 is 5.87. The van der Waals surface area contributed by atoms with E-state index in [0.29, 0.717) is 27.0 Å². The summed E-state index contributed by atoms with van der Waals surface area (Å²) in [4.78, 5) is 23.8. The standard InChI is InChI=1S/C19H16ClN3O3/c1-11-3-4-13(19(25)26)9-17(11)21-10-16-12(2)22-23(18(16)24)15-7-5-14(20)6-8-15/h3-10,21-22H,2H2,1H3,(H,25,26)/b16-10-. The van der Waals surface area contributed by atoms with Gasteiger partial charge in [-0.15, -0.1) is 0 Å². The van der Waals surface area contributed by atoms with Crippen molar-refractivity contribution in [3.63, 3.8) is 0 Å². The number of benzene rings is 2. The molecule has 0 amide bonds. The summed E-state index contributed by atoms with van der Waals surface area (Å²) in [5.41, 5.74) is 1.97. The van der Waals surface area contributed by atoms with Crippen LogP contribution in [0.2, 0.25) is 5.02 Å². The molecule has 0 radical (unpaired) electrons. The Hall–Kier alpha value is -3.25. The molecule has 3 rings (SSSR count). The molecule has 2 aromatic carbocycles. The van der Waals surface area contributed by atoms with Gasteiger partial charge in [-0.3, -0.25) is 9.89 Å². The number of nitrogens with zero attached hydrogens (tertiary/aromatic N) is 1. The number of aromatic nitrogens is 2. The summed E-state index contributed by atoms with van der Waals surface area (Å²) in [5, 5.41) is 16.4. The van der Waals surface area contributed by atoms with E-state index in [1.807, 2.05) is 6.92 Å². The van der Waals surface area contributed by atoms with Crippen molar-refractivity contribution in [2.24, 2.45) is 0 Å². The smallest absolute Gasteiger partial charge is 0.335 e. The Bertz CT molecular complexity index is 1140. The molecule has 0 fully saturated rings. The summed E-state index contributed by atoms with van der Waals surface area (Å²) < 4.78 is 1.37. The van der Waals surface area contributed by atoms with Crippen molar-refractivity contribution in [1.82, 2.24) is 9.78 Å². The number of nitrogens with one attached hydrogen (secondary N) is 2. The molecule has 7 heteroatoms. The van der Waals surface area contributed by atoms with Crippen LogP contribution >= 0.6 is 11.6 Å². The van der Waals surface area contributed by atoms with Crippen LogP contribution in [0.4, 0.5) is 5.69 Å². The van der Waals surface area contributed by atoms with Crippen molar-refractivity contribution in [3.05, 3.63) is 79.5 Å². The van der Waals surface area contributed by atoms with Crippen LogP contribution in [0.1, 0.15) is 15.9 Å². The highest BCUT2D eigenvalue weighted by Crippen LogP contribution is 2.16. The molecule has 132 valence electrons. The highest BCUT2D eigenvalue weighted by atomic mass is 35.5. The number of carboxylic acids is 1. The summed E-state index contributed by atoms with van der Waals surface area (Å²) in [6.07, 6.45) is 1.52. The maximum absolute atomic E-state index is 12.6. The number of hydrogen-bond donors (Lipinski definition) is 3. The third kappa shape index (κ3) is 3.41. The molecule has 0 atom stereocenters. The molecular formula is C19H16ClN3O3. The topological polar surface area (TPSA) is 87.1 Å². The molecule has 3 N–H and O–H groups in total. The molecule has 0 aliphatic rings. The first-order valence-corrected chi connectivity index (χ1v) is 8.11. The van der Waals surface area contributed by atoms with Crippen LogP contribution in [0.25, 0.3) is 18.5 Å². The second-order valence-electron chi connectivity index (χ2n) is 5.74. The van der Waals surface area contributed by atoms with Gasteiger partial charge in [0.2, 0.25) is 0 Å². The minimum absolute atomic E-state index is 0.161. The Balaban J connectivity index is 2.02. The lowest BCUT2D eigenvalue weighted by molar-refractivity contribution is 0.0697. The van der Waals surface area contributed by atoms with E-state index in [2.05, 4.69) is 17.0 Å². The Morgan fingerprint density at radius 2 is 1.96 bits per heavy atom. The molecule has 26 heavy (non-hydrogen) atoms. The van der Waals surface area contributed by atoms with Gasteiger partial charge in [0.25, 0.3) is 5.56 Å². The monoisotopic (exact) mass is 369 g/mol. The summed E-state index contributed by atoms with van der Waals surface area (Å²) in [6.45, 7) is 5.70. The molecule has 0 bridgehead atoms. The number of carboxylic acid groups (broad SMARTS) is 1. The number of aryl methyl sites for hydroxylation is 1. The SMILES string of the molecule is C=c1[nH]n(-c2ccc(Cl)cc2)c(=O)/c1=C\Nc1cc(C(=O)O)ccc1C. The van der Waals surface area contributed by atoms with Gasteiger partial charge in [-0.05, 0) is 48.9 Å². The largest absolute Gasteiger partial charge is 0.478 e. The van der Waals surface area contributed by atoms with Crippen molar-refractivity contribution >= 4 is 36.0 Å². The lowest BCUT2D eigenvalue weighted by Crippen LogP contribution is -2.34. The van der Waals surface area contributed by atoms with Crippen molar-refractivity contribution < 1.29 is 9.90 Å². The fraction of sp³-hybridized carbons (Fsp3) is 0.0526. The number of hydrogen-bond acceptors (Lipinski definition) is 3. The van der Waals surface area contributed by atoms with Gasteiger partial charge < -0.3 is 10.4 Å². The normalized spacial score (nSPS) is 11.5. The Morgan fingerprint density at radius 3 is 2.62 bits per heavy atom. The third-order valence-corrected chi connectivity index (χ3v) is 4.20. The Labute approximate surface area is 153 Å². The number of carbonyl (C=O) groups is 1. The van der Waals surface area contributed by atoms with Gasteiger partial charge in [-0.2, -0.15) is 0 Å². The average molecular weight is 370 g/mol. The number of aromatic carboxylic acids is 1.